The predicted molar refractivity (Wildman–Crippen MR) is 82.5 cm³/mol. The quantitative estimate of drug-likeness (QED) is 0.661. The lowest BCUT2D eigenvalue weighted by Crippen LogP contribution is -2.45. The summed E-state index contributed by atoms with van der Waals surface area (Å²) in [7, 11) is -3.09. The molecule has 2 fully saturated rings. The average molecular weight is 331 g/mol. The van der Waals surface area contributed by atoms with Gasteiger partial charge in [-0.2, -0.15) is 0 Å². The van der Waals surface area contributed by atoms with Crippen LogP contribution in [0.2, 0.25) is 0 Å². The van der Waals surface area contributed by atoms with Crippen LogP contribution in [-0.2, 0) is 19.6 Å². The number of piperidine rings is 1. The van der Waals surface area contributed by atoms with Gasteiger partial charge < -0.3 is 10.6 Å². The lowest BCUT2D eigenvalue weighted by Gasteiger charge is -2.31. The summed E-state index contributed by atoms with van der Waals surface area (Å²) in [5.74, 6) is -0.981. The van der Waals surface area contributed by atoms with Gasteiger partial charge in [-0.15, -0.1) is 0 Å². The maximum Gasteiger partial charge on any atom is 0.309 e. The molecule has 22 heavy (non-hydrogen) atoms. The van der Waals surface area contributed by atoms with E-state index in [4.69, 9.17) is 0 Å². The van der Waals surface area contributed by atoms with Crippen molar-refractivity contribution < 1.29 is 18.0 Å². The lowest BCUT2D eigenvalue weighted by atomic mass is 9.98. The van der Waals surface area contributed by atoms with Gasteiger partial charge in [-0.05, 0) is 38.0 Å². The molecule has 7 nitrogen and oxygen atoms in total. The van der Waals surface area contributed by atoms with E-state index in [-0.39, 0.29) is 11.2 Å². The van der Waals surface area contributed by atoms with Crippen molar-refractivity contribution in [2.45, 2.75) is 44.3 Å². The Balaban J connectivity index is 1.69. The number of carbonyl (C=O) groups excluding carboxylic acids is 2. The molecule has 2 aliphatic rings. The third-order valence-electron chi connectivity index (χ3n) is 4.17. The zero-order valence-corrected chi connectivity index (χ0v) is 13.8. The topological polar surface area (TPSA) is 95.6 Å². The number of nitrogens with zero attached hydrogens (tertiary/aromatic N) is 1. The van der Waals surface area contributed by atoms with Gasteiger partial charge in [-0.25, -0.2) is 12.7 Å². The number of carbonyl (C=O) groups is 2. The number of rotatable bonds is 6. The summed E-state index contributed by atoms with van der Waals surface area (Å²) in [5, 5.41) is 5.00. The van der Waals surface area contributed by atoms with Crippen LogP contribution >= 0.6 is 0 Å². The van der Waals surface area contributed by atoms with Crippen LogP contribution in [0.25, 0.3) is 0 Å². The minimum atomic E-state index is -3.09. The second kappa shape index (κ2) is 7.41. The Kier molecular flexibility index (Phi) is 5.80. The van der Waals surface area contributed by atoms with Crippen molar-refractivity contribution in [2.75, 3.05) is 26.2 Å². The molecule has 2 rings (SSSR count). The molecule has 1 heterocycles. The predicted octanol–water partition coefficient (Wildman–Crippen LogP) is -0.167. The van der Waals surface area contributed by atoms with E-state index in [0.29, 0.717) is 26.2 Å². The molecule has 0 bridgehead atoms. The monoisotopic (exact) mass is 331 g/mol. The Bertz CT molecular complexity index is 508. The summed E-state index contributed by atoms with van der Waals surface area (Å²) in [6.45, 7) is 3.86. The van der Waals surface area contributed by atoms with E-state index in [0.717, 1.165) is 32.1 Å². The molecule has 2 amide bonds. The molecule has 1 saturated heterocycles. The third kappa shape index (κ3) is 4.42. The fraction of sp³-hybridized carbons (Fsp3) is 0.857. The number of hydrogen-bond acceptors (Lipinski definition) is 4. The van der Waals surface area contributed by atoms with Crippen LogP contribution in [0.15, 0.2) is 0 Å². The Morgan fingerprint density at radius 2 is 1.64 bits per heavy atom. The van der Waals surface area contributed by atoms with Gasteiger partial charge in [0.2, 0.25) is 10.0 Å². The fourth-order valence-corrected chi connectivity index (χ4v) is 4.45. The maximum atomic E-state index is 12.1. The zero-order valence-electron chi connectivity index (χ0n) is 13.0. The van der Waals surface area contributed by atoms with Crippen molar-refractivity contribution >= 4 is 21.8 Å². The largest absolute Gasteiger partial charge is 0.348 e. The third-order valence-corrected chi connectivity index (χ3v) is 6.57. The molecule has 0 aromatic carbocycles. The van der Waals surface area contributed by atoms with Gasteiger partial charge in [0, 0.05) is 26.2 Å². The minimum absolute atomic E-state index is 0.161. The number of hydrogen-bond donors (Lipinski definition) is 2. The average Bonchev–Trinajstić information content (AvgIpc) is 3.35. The van der Waals surface area contributed by atoms with Gasteiger partial charge in [0.1, 0.15) is 0 Å². The summed E-state index contributed by atoms with van der Waals surface area (Å²) < 4.78 is 25.8. The van der Waals surface area contributed by atoms with Gasteiger partial charge in [-0.1, -0.05) is 6.92 Å². The minimum Gasteiger partial charge on any atom is -0.348 e. The van der Waals surface area contributed by atoms with E-state index in [1.807, 2.05) is 6.92 Å². The smallest absolute Gasteiger partial charge is 0.309 e. The van der Waals surface area contributed by atoms with Gasteiger partial charge in [0.25, 0.3) is 0 Å². The molecule has 0 unspecified atom stereocenters. The van der Waals surface area contributed by atoms with Gasteiger partial charge >= 0.3 is 11.8 Å². The molecule has 8 heteroatoms. The van der Waals surface area contributed by atoms with E-state index >= 15 is 0 Å². The first-order valence-electron chi connectivity index (χ1n) is 8.00. The van der Waals surface area contributed by atoms with Crippen molar-refractivity contribution in [2.24, 2.45) is 5.92 Å². The van der Waals surface area contributed by atoms with Crippen LogP contribution < -0.4 is 10.6 Å². The van der Waals surface area contributed by atoms with Crippen molar-refractivity contribution in [1.82, 2.24) is 14.9 Å². The molecular weight excluding hydrogens is 306 g/mol. The molecule has 0 aromatic rings. The Hall–Kier alpha value is -1.15. The first-order chi connectivity index (χ1) is 10.4. The summed E-state index contributed by atoms with van der Waals surface area (Å²) in [6, 6.07) is 0. The first-order valence-corrected chi connectivity index (χ1v) is 9.50. The zero-order chi connectivity index (χ0) is 16.2. The molecule has 0 spiro atoms. The first kappa shape index (κ1) is 17.2. The SMILES string of the molecule is CCCNC(=O)C(=O)NCC1CCN(S(=O)(=O)C2CC2)CC1. The van der Waals surface area contributed by atoms with Gasteiger partial charge in [-0.3, -0.25) is 9.59 Å². The highest BCUT2D eigenvalue weighted by Gasteiger charge is 2.41. The summed E-state index contributed by atoms with van der Waals surface area (Å²) >= 11 is 0. The molecule has 0 radical (unpaired) electrons. The highest BCUT2D eigenvalue weighted by Crippen LogP contribution is 2.32. The van der Waals surface area contributed by atoms with Crippen LogP contribution in [0, 0.1) is 5.92 Å². The van der Waals surface area contributed by atoms with Crippen molar-refractivity contribution in [3.8, 4) is 0 Å². The summed E-state index contributed by atoms with van der Waals surface area (Å²) in [6.07, 6.45) is 3.80. The van der Waals surface area contributed by atoms with Crippen molar-refractivity contribution in [3.63, 3.8) is 0 Å². The Morgan fingerprint density at radius 1 is 1.05 bits per heavy atom. The number of nitrogens with one attached hydrogen (secondary N) is 2. The summed E-state index contributed by atoms with van der Waals surface area (Å²) in [4.78, 5) is 23.0. The van der Waals surface area contributed by atoms with E-state index in [1.165, 1.54) is 0 Å². The number of amides is 2. The van der Waals surface area contributed by atoms with E-state index < -0.39 is 21.8 Å². The maximum absolute atomic E-state index is 12.1. The molecule has 126 valence electrons. The van der Waals surface area contributed by atoms with Crippen LogP contribution in [0.5, 0.6) is 0 Å². The van der Waals surface area contributed by atoms with E-state index in [1.54, 1.807) is 4.31 Å². The summed E-state index contributed by atoms with van der Waals surface area (Å²) in [5.41, 5.74) is 0. The standard InChI is InChI=1S/C14H25N3O4S/c1-2-7-15-13(18)14(19)16-10-11-5-8-17(9-6-11)22(20,21)12-3-4-12/h11-12H,2-10H2,1H3,(H,15,18)(H,16,19). The highest BCUT2D eigenvalue weighted by atomic mass is 32.2. The Morgan fingerprint density at radius 3 is 2.18 bits per heavy atom. The van der Waals surface area contributed by atoms with Crippen LogP contribution in [0.3, 0.4) is 0 Å². The molecule has 1 saturated carbocycles. The van der Waals surface area contributed by atoms with Gasteiger partial charge in [0.05, 0.1) is 5.25 Å². The van der Waals surface area contributed by atoms with Crippen LogP contribution in [0.4, 0.5) is 0 Å². The fourth-order valence-electron chi connectivity index (χ4n) is 2.58. The molecular formula is C14H25N3O4S. The second-order valence-electron chi connectivity index (χ2n) is 6.05. The van der Waals surface area contributed by atoms with Crippen LogP contribution in [-0.4, -0.2) is 56.0 Å². The molecule has 2 N–H and O–H groups in total. The van der Waals surface area contributed by atoms with Crippen molar-refractivity contribution in [3.05, 3.63) is 0 Å². The molecule has 0 atom stereocenters. The number of sulfonamides is 1. The molecule has 1 aliphatic carbocycles. The molecule has 1 aliphatic heterocycles. The normalized spacial score (nSPS) is 20.6. The highest BCUT2D eigenvalue weighted by molar-refractivity contribution is 7.90. The van der Waals surface area contributed by atoms with E-state index in [2.05, 4.69) is 10.6 Å². The van der Waals surface area contributed by atoms with E-state index in [9.17, 15) is 18.0 Å². The van der Waals surface area contributed by atoms with Crippen molar-refractivity contribution in [1.29, 1.82) is 0 Å². The Labute approximate surface area is 131 Å². The molecule has 0 aromatic heterocycles. The van der Waals surface area contributed by atoms with Crippen LogP contribution in [0.1, 0.15) is 39.0 Å². The lowest BCUT2D eigenvalue weighted by molar-refractivity contribution is -0.139. The van der Waals surface area contributed by atoms with Gasteiger partial charge in [0.15, 0.2) is 0 Å². The second-order valence-corrected chi connectivity index (χ2v) is 8.27.